The van der Waals surface area contributed by atoms with Crippen molar-refractivity contribution < 1.29 is 9.21 Å². The maximum absolute atomic E-state index is 13.1. The van der Waals surface area contributed by atoms with E-state index in [1.807, 2.05) is 49.4 Å². The molecule has 2 aromatic heterocycles. The summed E-state index contributed by atoms with van der Waals surface area (Å²) in [4.78, 5) is 15.5. The third-order valence-electron chi connectivity index (χ3n) is 5.32. The molecule has 6 heteroatoms. The molecule has 3 rings (SSSR count). The Labute approximate surface area is 178 Å². The second-order valence-electron chi connectivity index (χ2n) is 7.62. The Morgan fingerprint density at radius 2 is 1.90 bits per heavy atom. The molecule has 0 saturated heterocycles. The molecule has 0 aliphatic rings. The fourth-order valence-electron chi connectivity index (χ4n) is 3.53. The summed E-state index contributed by atoms with van der Waals surface area (Å²) in [7, 11) is 0. The predicted molar refractivity (Wildman–Crippen MR) is 120 cm³/mol. The molecule has 6 nitrogen and oxygen atoms in total. The van der Waals surface area contributed by atoms with Crippen LogP contribution in [0.25, 0.3) is 17.1 Å². The lowest BCUT2D eigenvalue weighted by molar-refractivity contribution is 0.0929. The molecule has 0 radical (unpaired) electrons. The number of hydrogen-bond acceptors (Lipinski definition) is 4. The van der Waals surface area contributed by atoms with Crippen LogP contribution in [-0.4, -0.2) is 46.3 Å². The number of furan rings is 1. The number of para-hydroxylation sites is 1. The van der Waals surface area contributed by atoms with Crippen LogP contribution in [0.3, 0.4) is 0 Å². The summed E-state index contributed by atoms with van der Waals surface area (Å²) in [6.45, 7) is 11.5. The van der Waals surface area contributed by atoms with Gasteiger partial charge in [0.15, 0.2) is 5.76 Å². The van der Waals surface area contributed by atoms with E-state index in [2.05, 4.69) is 36.1 Å². The van der Waals surface area contributed by atoms with Crippen molar-refractivity contribution in [3.05, 3.63) is 60.0 Å². The zero-order valence-electron chi connectivity index (χ0n) is 18.4. The summed E-state index contributed by atoms with van der Waals surface area (Å²) in [6.07, 6.45) is 1.99. The first-order valence-electron chi connectivity index (χ1n) is 10.8. The van der Waals surface area contributed by atoms with Crippen LogP contribution in [0.5, 0.6) is 0 Å². The fraction of sp³-hybridized carbons (Fsp3) is 0.417. The highest BCUT2D eigenvalue weighted by molar-refractivity contribution is 5.94. The Bertz CT molecular complexity index is 941. The third-order valence-corrected chi connectivity index (χ3v) is 5.32. The summed E-state index contributed by atoms with van der Waals surface area (Å²) >= 11 is 0. The number of nitrogens with zero attached hydrogens (tertiary/aromatic N) is 3. The molecule has 0 fully saturated rings. The summed E-state index contributed by atoms with van der Waals surface area (Å²) < 4.78 is 7.40. The first-order valence-corrected chi connectivity index (χ1v) is 10.8. The molecule has 0 aliphatic carbocycles. The Balaban J connectivity index is 1.76. The van der Waals surface area contributed by atoms with Gasteiger partial charge in [0.2, 0.25) is 0 Å². The lowest BCUT2D eigenvalue weighted by Gasteiger charge is -2.20. The van der Waals surface area contributed by atoms with Crippen molar-refractivity contribution in [3.8, 4) is 17.1 Å². The van der Waals surface area contributed by atoms with Crippen LogP contribution in [0.1, 0.15) is 49.9 Å². The number of aryl methyl sites for hydroxylation is 1. The second kappa shape index (κ2) is 10.3. The largest absolute Gasteiger partial charge is 0.460 e. The second-order valence-corrected chi connectivity index (χ2v) is 7.62. The Hall–Kier alpha value is -2.86. The van der Waals surface area contributed by atoms with E-state index in [0.29, 0.717) is 17.1 Å². The average molecular weight is 409 g/mol. The van der Waals surface area contributed by atoms with E-state index < -0.39 is 0 Å². The Morgan fingerprint density at radius 1 is 1.17 bits per heavy atom. The minimum atomic E-state index is -0.128. The van der Waals surface area contributed by atoms with E-state index in [4.69, 9.17) is 4.42 Å². The van der Waals surface area contributed by atoms with Crippen LogP contribution < -0.4 is 5.32 Å². The highest BCUT2D eigenvalue weighted by Crippen LogP contribution is 2.24. The van der Waals surface area contributed by atoms with Crippen molar-refractivity contribution >= 4 is 5.91 Å². The van der Waals surface area contributed by atoms with E-state index in [1.54, 1.807) is 10.7 Å². The number of rotatable bonds is 10. The number of amides is 1. The van der Waals surface area contributed by atoms with Crippen molar-refractivity contribution in [2.75, 3.05) is 19.6 Å². The average Bonchev–Trinajstić information content (AvgIpc) is 3.38. The van der Waals surface area contributed by atoms with Gasteiger partial charge in [0.1, 0.15) is 17.1 Å². The molecule has 2 heterocycles. The van der Waals surface area contributed by atoms with Gasteiger partial charge in [-0.1, -0.05) is 32.0 Å². The van der Waals surface area contributed by atoms with Crippen molar-refractivity contribution in [2.45, 2.75) is 46.6 Å². The van der Waals surface area contributed by atoms with Crippen molar-refractivity contribution in [3.63, 3.8) is 0 Å². The molecule has 1 amide bonds. The normalized spacial score (nSPS) is 12.3. The molecule has 0 aliphatic heterocycles. The van der Waals surface area contributed by atoms with Gasteiger partial charge >= 0.3 is 0 Å². The SMILES string of the molecule is CCN(CC)CCCC(C)NC(=O)c1cc(-c2ccc(C)o2)nn1-c1ccccc1. The van der Waals surface area contributed by atoms with E-state index in [9.17, 15) is 4.79 Å². The zero-order valence-corrected chi connectivity index (χ0v) is 18.4. The number of carbonyl (C=O) groups is 1. The van der Waals surface area contributed by atoms with Gasteiger partial charge < -0.3 is 14.6 Å². The zero-order chi connectivity index (χ0) is 21.5. The van der Waals surface area contributed by atoms with Gasteiger partial charge in [-0.2, -0.15) is 5.10 Å². The van der Waals surface area contributed by atoms with Crippen molar-refractivity contribution in [2.24, 2.45) is 0 Å². The monoisotopic (exact) mass is 408 g/mol. The van der Waals surface area contributed by atoms with E-state index >= 15 is 0 Å². The highest BCUT2D eigenvalue weighted by atomic mass is 16.3. The lowest BCUT2D eigenvalue weighted by atomic mass is 10.1. The smallest absolute Gasteiger partial charge is 0.270 e. The lowest BCUT2D eigenvalue weighted by Crippen LogP contribution is -2.34. The molecule has 1 atom stereocenters. The molecule has 160 valence electrons. The van der Waals surface area contributed by atoms with Gasteiger partial charge in [-0.3, -0.25) is 4.79 Å². The summed E-state index contributed by atoms with van der Waals surface area (Å²) in [5, 5.41) is 7.79. The number of aromatic nitrogens is 2. The summed E-state index contributed by atoms with van der Waals surface area (Å²) in [5.41, 5.74) is 1.98. The molecular weight excluding hydrogens is 376 g/mol. The van der Waals surface area contributed by atoms with Gasteiger partial charge in [-0.25, -0.2) is 4.68 Å². The van der Waals surface area contributed by atoms with Gasteiger partial charge in [0, 0.05) is 12.1 Å². The standard InChI is InChI=1S/C24H32N4O2/c1-5-27(6-2)16-10-11-18(3)25-24(29)22-17-21(23-15-14-19(4)30-23)26-28(22)20-12-8-7-9-13-20/h7-9,12-15,17-18H,5-6,10-11,16H2,1-4H3,(H,25,29). The van der Waals surface area contributed by atoms with E-state index in [1.165, 1.54) is 0 Å². The maximum atomic E-state index is 13.1. The molecule has 1 N–H and O–H groups in total. The number of benzene rings is 1. The third kappa shape index (κ3) is 5.39. The first-order chi connectivity index (χ1) is 14.5. The topological polar surface area (TPSA) is 63.3 Å². The van der Waals surface area contributed by atoms with Crippen LogP contribution in [-0.2, 0) is 0 Å². The summed E-state index contributed by atoms with van der Waals surface area (Å²) in [6, 6.07) is 15.4. The molecule has 0 spiro atoms. The molecular formula is C24H32N4O2. The molecule has 3 aromatic rings. The predicted octanol–water partition coefficient (Wildman–Crippen LogP) is 4.68. The quantitative estimate of drug-likeness (QED) is 0.529. The Kier molecular flexibility index (Phi) is 7.46. The highest BCUT2D eigenvalue weighted by Gasteiger charge is 2.20. The van der Waals surface area contributed by atoms with Gasteiger partial charge in [-0.15, -0.1) is 0 Å². The molecule has 30 heavy (non-hydrogen) atoms. The number of nitrogens with one attached hydrogen (secondary N) is 1. The molecule has 1 aromatic carbocycles. The van der Waals surface area contributed by atoms with Crippen LogP contribution in [0.2, 0.25) is 0 Å². The van der Waals surface area contributed by atoms with Gasteiger partial charge in [0.25, 0.3) is 5.91 Å². The Morgan fingerprint density at radius 3 is 2.53 bits per heavy atom. The first kappa shape index (κ1) is 21.8. The van der Waals surface area contributed by atoms with E-state index in [0.717, 1.165) is 43.9 Å². The summed E-state index contributed by atoms with van der Waals surface area (Å²) in [5.74, 6) is 1.34. The molecule has 0 bridgehead atoms. The van der Waals surface area contributed by atoms with Gasteiger partial charge in [-0.05, 0) is 70.6 Å². The minimum Gasteiger partial charge on any atom is -0.460 e. The van der Waals surface area contributed by atoms with Crippen LogP contribution in [0, 0.1) is 6.92 Å². The van der Waals surface area contributed by atoms with Crippen molar-refractivity contribution in [1.29, 1.82) is 0 Å². The fourth-order valence-corrected chi connectivity index (χ4v) is 3.53. The van der Waals surface area contributed by atoms with Crippen molar-refractivity contribution in [1.82, 2.24) is 20.0 Å². The van der Waals surface area contributed by atoms with Crippen LogP contribution in [0.4, 0.5) is 0 Å². The van der Waals surface area contributed by atoms with E-state index in [-0.39, 0.29) is 11.9 Å². The number of hydrogen-bond donors (Lipinski definition) is 1. The maximum Gasteiger partial charge on any atom is 0.270 e. The number of carbonyl (C=O) groups excluding carboxylic acids is 1. The van der Waals surface area contributed by atoms with Gasteiger partial charge in [0.05, 0.1) is 5.69 Å². The van der Waals surface area contributed by atoms with Crippen LogP contribution >= 0.6 is 0 Å². The molecule has 0 saturated carbocycles. The van der Waals surface area contributed by atoms with Crippen LogP contribution in [0.15, 0.2) is 52.9 Å². The molecule has 1 unspecified atom stereocenters. The minimum absolute atomic E-state index is 0.0847.